The summed E-state index contributed by atoms with van der Waals surface area (Å²) in [6.45, 7) is 1.66. The Morgan fingerprint density at radius 2 is 2.10 bits per heavy atom. The Morgan fingerprint density at radius 1 is 1.43 bits per heavy atom. The highest BCUT2D eigenvalue weighted by Crippen LogP contribution is 2.26. The molecule has 0 N–H and O–H groups in total. The van der Waals surface area contributed by atoms with Gasteiger partial charge in [0, 0.05) is 33.7 Å². The highest BCUT2D eigenvalue weighted by Gasteiger charge is 2.19. The molecule has 0 aliphatic rings. The molecule has 21 heavy (non-hydrogen) atoms. The molecular formula is C13H17NO6S. The van der Waals surface area contributed by atoms with E-state index in [9.17, 15) is 19.1 Å². The first kappa shape index (κ1) is 17.1. The molecule has 0 saturated heterocycles. The summed E-state index contributed by atoms with van der Waals surface area (Å²) in [4.78, 5) is 21.4. The van der Waals surface area contributed by atoms with E-state index in [1.807, 2.05) is 0 Å². The van der Waals surface area contributed by atoms with Gasteiger partial charge in [-0.1, -0.05) is 6.92 Å². The van der Waals surface area contributed by atoms with Gasteiger partial charge in [-0.05, 0) is 6.07 Å². The van der Waals surface area contributed by atoms with Gasteiger partial charge in [-0.2, -0.15) is 0 Å². The van der Waals surface area contributed by atoms with Gasteiger partial charge in [0.2, 0.25) is 0 Å². The fourth-order valence-corrected chi connectivity index (χ4v) is 2.84. The summed E-state index contributed by atoms with van der Waals surface area (Å²) in [6, 6.07) is 4.13. The van der Waals surface area contributed by atoms with Crippen LogP contribution in [-0.4, -0.2) is 34.6 Å². The number of non-ortho nitro benzene ring substituents is 1. The Bertz CT molecular complexity index is 560. The van der Waals surface area contributed by atoms with Gasteiger partial charge in [-0.3, -0.25) is 19.1 Å². The van der Waals surface area contributed by atoms with Gasteiger partial charge in [0.25, 0.3) is 5.69 Å². The Balaban J connectivity index is 2.90. The summed E-state index contributed by atoms with van der Waals surface area (Å²) in [6.07, 6.45) is 0.0281. The topological polar surface area (TPSA) is 95.7 Å². The van der Waals surface area contributed by atoms with Gasteiger partial charge in [-0.25, -0.2) is 0 Å². The summed E-state index contributed by atoms with van der Waals surface area (Å²) in [7, 11) is 1.33. The Kier molecular flexibility index (Phi) is 6.29. The van der Waals surface area contributed by atoms with E-state index < -0.39 is 26.9 Å². The number of esters is 1. The van der Waals surface area contributed by atoms with Crippen molar-refractivity contribution in [3.05, 3.63) is 33.9 Å². The number of nitrogens with zero attached hydrogens (tertiary/aromatic N) is 1. The smallest absolute Gasteiger partial charge is 0.306 e. The summed E-state index contributed by atoms with van der Waals surface area (Å²) in [5.41, 5.74) is 0.380. The molecular weight excluding hydrogens is 298 g/mol. The second-order valence-corrected chi connectivity index (χ2v) is 6.22. The van der Waals surface area contributed by atoms with E-state index in [0.29, 0.717) is 11.3 Å². The third-order valence-electron chi connectivity index (χ3n) is 2.90. The molecule has 2 atom stereocenters. The van der Waals surface area contributed by atoms with Crippen molar-refractivity contribution in [2.75, 3.05) is 14.2 Å². The number of methoxy groups -OCH3 is 2. The van der Waals surface area contributed by atoms with Crippen molar-refractivity contribution in [2.24, 2.45) is 0 Å². The lowest BCUT2D eigenvalue weighted by Gasteiger charge is -2.12. The van der Waals surface area contributed by atoms with Crippen molar-refractivity contribution < 1.29 is 23.4 Å². The number of rotatable bonds is 7. The minimum Gasteiger partial charge on any atom is -0.496 e. The molecule has 0 radical (unpaired) electrons. The van der Waals surface area contributed by atoms with Crippen LogP contribution in [0.3, 0.4) is 0 Å². The maximum Gasteiger partial charge on any atom is 0.306 e. The van der Waals surface area contributed by atoms with Gasteiger partial charge in [0.1, 0.15) is 5.75 Å². The molecule has 116 valence electrons. The number of nitro benzene ring substituents is 1. The van der Waals surface area contributed by atoms with E-state index in [4.69, 9.17) is 4.74 Å². The second kappa shape index (κ2) is 7.72. The summed E-state index contributed by atoms with van der Waals surface area (Å²) in [5.74, 6) is 0.0595. The highest BCUT2D eigenvalue weighted by molar-refractivity contribution is 7.84. The maximum absolute atomic E-state index is 12.2. The predicted molar refractivity (Wildman–Crippen MR) is 77.6 cm³/mol. The molecule has 0 fully saturated rings. The van der Waals surface area contributed by atoms with Crippen molar-refractivity contribution in [3.63, 3.8) is 0 Å². The van der Waals surface area contributed by atoms with Crippen LogP contribution in [0.15, 0.2) is 18.2 Å². The van der Waals surface area contributed by atoms with E-state index in [1.54, 1.807) is 6.92 Å². The van der Waals surface area contributed by atoms with Crippen molar-refractivity contribution >= 4 is 22.5 Å². The largest absolute Gasteiger partial charge is 0.496 e. The number of nitro groups is 1. The van der Waals surface area contributed by atoms with Crippen molar-refractivity contribution in [1.29, 1.82) is 0 Å². The zero-order chi connectivity index (χ0) is 16.0. The third-order valence-corrected chi connectivity index (χ3v) is 4.56. The van der Waals surface area contributed by atoms with E-state index >= 15 is 0 Å². The van der Waals surface area contributed by atoms with Crippen LogP contribution in [0.5, 0.6) is 5.75 Å². The second-order valence-electron chi connectivity index (χ2n) is 4.37. The quantitative estimate of drug-likeness (QED) is 0.432. The van der Waals surface area contributed by atoms with E-state index in [2.05, 4.69) is 4.74 Å². The first-order chi connectivity index (χ1) is 9.88. The van der Waals surface area contributed by atoms with Gasteiger partial charge in [0.15, 0.2) is 0 Å². The molecule has 1 rings (SSSR count). The predicted octanol–water partition coefficient (Wildman–Crippen LogP) is 1.80. The number of carbonyl (C=O) groups is 1. The van der Waals surface area contributed by atoms with Gasteiger partial charge in [0.05, 0.1) is 31.3 Å². The van der Waals surface area contributed by atoms with Gasteiger partial charge >= 0.3 is 5.97 Å². The molecule has 0 aliphatic carbocycles. The zero-order valence-corrected chi connectivity index (χ0v) is 12.8. The number of hydrogen-bond donors (Lipinski definition) is 0. The van der Waals surface area contributed by atoms with E-state index in [0.717, 1.165) is 0 Å². The summed E-state index contributed by atoms with van der Waals surface area (Å²) >= 11 is 0. The molecule has 0 bridgehead atoms. The molecule has 0 aromatic heterocycles. The van der Waals surface area contributed by atoms with Crippen LogP contribution < -0.4 is 4.74 Å². The van der Waals surface area contributed by atoms with E-state index in [-0.39, 0.29) is 17.9 Å². The zero-order valence-electron chi connectivity index (χ0n) is 12.0. The Morgan fingerprint density at radius 3 is 2.62 bits per heavy atom. The molecule has 7 nitrogen and oxygen atoms in total. The van der Waals surface area contributed by atoms with Crippen molar-refractivity contribution in [1.82, 2.24) is 0 Å². The minimum atomic E-state index is -1.37. The first-order valence-corrected chi connectivity index (χ1v) is 7.52. The first-order valence-electron chi connectivity index (χ1n) is 6.14. The minimum absolute atomic E-state index is 0.0281. The normalized spacial score (nSPS) is 13.3. The lowest BCUT2D eigenvalue weighted by molar-refractivity contribution is -0.384. The van der Waals surface area contributed by atoms with E-state index in [1.165, 1.54) is 32.4 Å². The van der Waals surface area contributed by atoms with Crippen LogP contribution in [0, 0.1) is 10.1 Å². The number of hydrogen-bond acceptors (Lipinski definition) is 6. The Hall–Kier alpha value is -1.96. The standard InChI is InChI=1S/C13H17NO6S/c1-9(6-13(15)20-3)21(18)8-10-7-11(14(16)17)4-5-12(10)19-2/h4-5,7,9H,6,8H2,1-3H3. The Labute approximate surface area is 124 Å². The van der Waals surface area contributed by atoms with Crippen molar-refractivity contribution in [2.45, 2.75) is 24.3 Å². The molecule has 0 aliphatic heterocycles. The van der Waals surface area contributed by atoms with Crippen LogP contribution in [0.4, 0.5) is 5.69 Å². The fourth-order valence-electron chi connectivity index (χ4n) is 1.70. The van der Waals surface area contributed by atoms with Crippen LogP contribution >= 0.6 is 0 Å². The molecule has 0 heterocycles. The highest BCUT2D eigenvalue weighted by atomic mass is 32.2. The van der Waals surface area contributed by atoms with Gasteiger partial charge < -0.3 is 9.47 Å². The van der Waals surface area contributed by atoms with Crippen molar-refractivity contribution in [3.8, 4) is 5.75 Å². The molecule has 1 aromatic carbocycles. The SMILES string of the molecule is COC(=O)CC(C)S(=O)Cc1cc([N+](=O)[O-])ccc1OC. The molecule has 0 amide bonds. The average Bonchev–Trinajstić information content (AvgIpc) is 2.46. The van der Waals surface area contributed by atoms with Crippen LogP contribution in [0.1, 0.15) is 18.9 Å². The van der Waals surface area contributed by atoms with Gasteiger partial charge in [-0.15, -0.1) is 0 Å². The number of ether oxygens (including phenoxy) is 2. The van der Waals surface area contributed by atoms with Crippen LogP contribution in [0.25, 0.3) is 0 Å². The van der Waals surface area contributed by atoms with Crippen LogP contribution in [-0.2, 0) is 26.1 Å². The number of benzene rings is 1. The van der Waals surface area contributed by atoms with Crippen LogP contribution in [0.2, 0.25) is 0 Å². The lowest BCUT2D eigenvalue weighted by atomic mass is 10.2. The molecule has 8 heteroatoms. The fraction of sp³-hybridized carbons (Fsp3) is 0.462. The molecule has 0 saturated carbocycles. The third kappa shape index (κ3) is 4.82. The summed E-state index contributed by atoms with van der Waals surface area (Å²) < 4.78 is 21.8. The average molecular weight is 315 g/mol. The molecule has 0 spiro atoms. The summed E-state index contributed by atoms with van der Waals surface area (Å²) in [5, 5.41) is 10.4. The molecule has 1 aromatic rings. The maximum atomic E-state index is 12.2. The lowest BCUT2D eigenvalue weighted by Crippen LogP contribution is -2.18. The molecule has 2 unspecified atom stereocenters. The number of carbonyl (C=O) groups excluding carboxylic acids is 1. The monoisotopic (exact) mass is 315 g/mol.